The van der Waals surface area contributed by atoms with Crippen LogP contribution >= 0.6 is 11.8 Å². The normalized spacial score (nSPS) is 17.2. The smallest absolute Gasteiger partial charge is 0.265 e. The maximum absolute atomic E-state index is 13.4. The van der Waals surface area contributed by atoms with Gasteiger partial charge in [0.1, 0.15) is 22.4 Å². The molecule has 32 heavy (non-hydrogen) atoms. The summed E-state index contributed by atoms with van der Waals surface area (Å²) in [6.45, 7) is 2.11. The van der Waals surface area contributed by atoms with Crippen LogP contribution in [0, 0.1) is 18.3 Å². The SMILES string of the molecule is Cc1ccc(N2C(=O)C(Cc3ccccc3)SC2=C(C#N)C(=O)NCc2ccco2)cc1. The van der Waals surface area contributed by atoms with Crippen molar-refractivity contribution in [3.63, 3.8) is 0 Å². The minimum absolute atomic E-state index is 0.0916. The Morgan fingerprint density at radius 2 is 1.88 bits per heavy atom. The molecule has 160 valence electrons. The fourth-order valence-corrected chi connectivity index (χ4v) is 4.72. The molecular weight excluding hydrogens is 422 g/mol. The molecule has 3 aromatic rings. The Morgan fingerprint density at radius 1 is 1.12 bits per heavy atom. The lowest BCUT2D eigenvalue weighted by molar-refractivity contribution is -0.117. The number of carbonyl (C=O) groups excluding carboxylic acids is 2. The zero-order valence-electron chi connectivity index (χ0n) is 17.4. The molecule has 0 aliphatic carbocycles. The summed E-state index contributed by atoms with van der Waals surface area (Å²) in [6, 6.07) is 22.6. The van der Waals surface area contributed by atoms with E-state index in [-0.39, 0.29) is 18.0 Å². The number of furan rings is 1. The van der Waals surface area contributed by atoms with Crippen LogP contribution in [0.3, 0.4) is 0 Å². The van der Waals surface area contributed by atoms with E-state index in [1.165, 1.54) is 22.9 Å². The summed E-state index contributed by atoms with van der Waals surface area (Å²) in [4.78, 5) is 27.8. The molecule has 6 nitrogen and oxygen atoms in total. The number of rotatable bonds is 6. The number of nitrogens with zero attached hydrogens (tertiary/aromatic N) is 2. The van der Waals surface area contributed by atoms with Gasteiger partial charge < -0.3 is 9.73 Å². The zero-order chi connectivity index (χ0) is 22.5. The highest BCUT2D eigenvalue weighted by atomic mass is 32.2. The van der Waals surface area contributed by atoms with Crippen LogP contribution in [0.15, 0.2) is 88.0 Å². The van der Waals surface area contributed by atoms with Gasteiger partial charge in [0, 0.05) is 5.69 Å². The predicted octanol–water partition coefficient (Wildman–Crippen LogP) is 4.33. The van der Waals surface area contributed by atoms with Gasteiger partial charge in [0.25, 0.3) is 5.91 Å². The van der Waals surface area contributed by atoms with Gasteiger partial charge in [0.05, 0.1) is 18.1 Å². The molecule has 0 spiro atoms. The maximum atomic E-state index is 13.4. The molecule has 1 saturated heterocycles. The van der Waals surface area contributed by atoms with Gasteiger partial charge in [-0.05, 0) is 43.2 Å². The minimum Gasteiger partial charge on any atom is -0.467 e. The topological polar surface area (TPSA) is 86.3 Å². The number of hydrogen-bond donors (Lipinski definition) is 1. The summed E-state index contributed by atoms with van der Waals surface area (Å²) in [5, 5.41) is 12.5. The van der Waals surface area contributed by atoms with Gasteiger partial charge in [-0.15, -0.1) is 0 Å². The molecule has 1 N–H and O–H groups in total. The molecule has 2 aromatic carbocycles. The standard InChI is InChI=1S/C25H21N3O3S/c1-17-9-11-19(12-10-17)28-24(30)22(14-18-6-3-2-4-7-18)32-25(28)21(15-26)23(29)27-16-20-8-5-13-31-20/h2-13,22H,14,16H2,1H3,(H,27,29). The second-order valence-corrected chi connectivity index (χ2v) is 8.55. The first-order valence-electron chi connectivity index (χ1n) is 10.1. The van der Waals surface area contributed by atoms with Crippen molar-refractivity contribution in [2.24, 2.45) is 0 Å². The number of thioether (sulfide) groups is 1. The van der Waals surface area contributed by atoms with Crippen LogP contribution in [-0.2, 0) is 22.6 Å². The van der Waals surface area contributed by atoms with E-state index in [9.17, 15) is 14.9 Å². The number of hydrogen-bond acceptors (Lipinski definition) is 5. The van der Waals surface area contributed by atoms with E-state index in [1.807, 2.05) is 67.6 Å². The summed E-state index contributed by atoms with van der Waals surface area (Å²) >= 11 is 1.25. The lowest BCUT2D eigenvalue weighted by atomic mass is 10.1. The van der Waals surface area contributed by atoms with E-state index in [1.54, 1.807) is 12.1 Å². The number of aryl methyl sites for hydroxylation is 1. The molecule has 1 aliphatic heterocycles. The summed E-state index contributed by atoms with van der Waals surface area (Å²) < 4.78 is 5.24. The average Bonchev–Trinajstić information content (AvgIpc) is 3.43. The summed E-state index contributed by atoms with van der Waals surface area (Å²) in [5.74, 6) is -0.117. The molecule has 0 bridgehead atoms. The first-order valence-corrected chi connectivity index (χ1v) is 11.0. The van der Waals surface area contributed by atoms with Crippen molar-refractivity contribution in [1.29, 1.82) is 5.26 Å². The van der Waals surface area contributed by atoms with E-state index in [4.69, 9.17) is 4.42 Å². The summed E-state index contributed by atoms with van der Waals surface area (Å²) in [5.41, 5.74) is 2.61. The fraction of sp³-hybridized carbons (Fsp3) is 0.160. The van der Waals surface area contributed by atoms with Crippen LogP contribution in [0.1, 0.15) is 16.9 Å². The van der Waals surface area contributed by atoms with Crippen molar-refractivity contribution in [1.82, 2.24) is 5.32 Å². The predicted molar refractivity (Wildman–Crippen MR) is 123 cm³/mol. The quantitative estimate of drug-likeness (QED) is 0.453. The average molecular weight is 444 g/mol. The van der Waals surface area contributed by atoms with Crippen LogP contribution in [0.2, 0.25) is 0 Å². The summed E-state index contributed by atoms with van der Waals surface area (Å²) in [6.07, 6.45) is 2.02. The van der Waals surface area contributed by atoms with E-state index in [0.717, 1.165) is 11.1 Å². The molecule has 1 atom stereocenters. The molecule has 7 heteroatoms. The Morgan fingerprint density at radius 3 is 2.53 bits per heavy atom. The van der Waals surface area contributed by atoms with Crippen molar-refractivity contribution in [2.75, 3.05) is 4.90 Å². The van der Waals surface area contributed by atoms with Gasteiger partial charge in [0.2, 0.25) is 5.91 Å². The van der Waals surface area contributed by atoms with Crippen LogP contribution in [0.25, 0.3) is 0 Å². The Balaban J connectivity index is 1.67. The highest BCUT2D eigenvalue weighted by molar-refractivity contribution is 8.05. The Bertz CT molecular complexity index is 1180. The number of nitriles is 1. The molecule has 4 rings (SSSR count). The van der Waals surface area contributed by atoms with Crippen molar-refractivity contribution >= 4 is 29.3 Å². The molecule has 0 saturated carbocycles. The second-order valence-electron chi connectivity index (χ2n) is 7.36. The third-order valence-corrected chi connectivity index (χ3v) is 6.33. The number of carbonyl (C=O) groups is 2. The van der Waals surface area contributed by atoms with Gasteiger partial charge >= 0.3 is 0 Å². The monoisotopic (exact) mass is 443 g/mol. The number of amides is 2. The molecule has 1 aliphatic rings. The third-order valence-electron chi connectivity index (χ3n) is 5.06. The Hall–Kier alpha value is -3.76. The van der Waals surface area contributed by atoms with Gasteiger partial charge in [0.15, 0.2) is 0 Å². The van der Waals surface area contributed by atoms with Gasteiger partial charge in [-0.3, -0.25) is 14.5 Å². The van der Waals surface area contributed by atoms with Crippen LogP contribution in [0.5, 0.6) is 0 Å². The molecular formula is C25H21N3O3S. The zero-order valence-corrected chi connectivity index (χ0v) is 18.3. The van der Waals surface area contributed by atoms with Crippen molar-refractivity contribution in [2.45, 2.75) is 25.1 Å². The third kappa shape index (κ3) is 4.61. The Labute approximate surface area is 190 Å². The molecule has 1 unspecified atom stereocenters. The van der Waals surface area contributed by atoms with Crippen LogP contribution < -0.4 is 10.2 Å². The van der Waals surface area contributed by atoms with Gasteiger partial charge in [-0.1, -0.05) is 59.8 Å². The number of nitrogens with one attached hydrogen (secondary N) is 1. The molecule has 2 heterocycles. The molecule has 0 radical (unpaired) electrons. The van der Waals surface area contributed by atoms with Gasteiger partial charge in [-0.2, -0.15) is 5.26 Å². The largest absolute Gasteiger partial charge is 0.467 e. The molecule has 2 amide bonds. The fourth-order valence-electron chi connectivity index (χ4n) is 3.41. The van der Waals surface area contributed by atoms with Gasteiger partial charge in [-0.25, -0.2) is 0 Å². The Kier molecular flexibility index (Phi) is 6.43. The summed E-state index contributed by atoms with van der Waals surface area (Å²) in [7, 11) is 0. The molecule has 1 fully saturated rings. The number of benzene rings is 2. The minimum atomic E-state index is -0.545. The van der Waals surface area contributed by atoms with E-state index >= 15 is 0 Å². The van der Waals surface area contributed by atoms with Crippen molar-refractivity contribution in [3.8, 4) is 6.07 Å². The first kappa shape index (κ1) is 21.5. The highest BCUT2D eigenvalue weighted by Gasteiger charge is 2.40. The maximum Gasteiger partial charge on any atom is 0.265 e. The lowest BCUT2D eigenvalue weighted by Gasteiger charge is -2.19. The van der Waals surface area contributed by atoms with E-state index in [2.05, 4.69) is 5.32 Å². The number of anilines is 1. The highest BCUT2D eigenvalue weighted by Crippen LogP contribution is 2.41. The van der Waals surface area contributed by atoms with Crippen LogP contribution in [0.4, 0.5) is 5.69 Å². The van der Waals surface area contributed by atoms with Crippen molar-refractivity contribution in [3.05, 3.63) is 100 Å². The first-order chi connectivity index (χ1) is 15.6. The van der Waals surface area contributed by atoms with Crippen LogP contribution in [-0.4, -0.2) is 17.1 Å². The van der Waals surface area contributed by atoms with Crippen molar-refractivity contribution < 1.29 is 14.0 Å². The van der Waals surface area contributed by atoms with E-state index < -0.39 is 11.2 Å². The second kappa shape index (κ2) is 9.58. The van der Waals surface area contributed by atoms with E-state index in [0.29, 0.717) is 22.9 Å². The lowest BCUT2D eigenvalue weighted by Crippen LogP contribution is -2.32. The molecule has 1 aromatic heterocycles.